The van der Waals surface area contributed by atoms with E-state index in [9.17, 15) is 4.79 Å². The Kier molecular flexibility index (Phi) is 4.11. The third-order valence-corrected chi connectivity index (χ3v) is 3.63. The Morgan fingerprint density at radius 2 is 2.09 bits per heavy atom. The first-order chi connectivity index (χ1) is 11.0. The molecular weight excluding hydrogens is 339 g/mol. The number of rotatable bonds is 3. The molecule has 0 fully saturated rings. The lowest BCUT2D eigenvalue weighted by molar-refractivity contribution is -0.114. The summed E-state index contributed by atoms with van der Waals surface area (Å²) < 4.78 is 7.00. The number of carbonyl (C=O) groups is 1. The molecule has 6 nitrogen and oxygen atoms in total. The van der Waals surface area contributed by atoms with E-state index in [1.54, 1.807) is 42.3 Å². The number of hydrogen-bond acceptors (Lipinski definition) is 4. The van der Waals surface area contributed by atoms with Crippen molar-refractivity contribution in [2.45, 2.75) is 6.92 Å². The van der Waals surface area contributed by atoms with Gasteiger partial charge in [-0.3, -0.25) is 4.79 Å². The molecule has 0 saturated carbocycles. The molecule has 0 aliphatic heterocycles. The van der Waals surface area contributed by atoms with Crippen molar-refractivity contribution in [3.63, 3.8) is 0 Å². The Bertz CT molecular complexity index is 908. The highest BCUT2D eigenvalue weighted by atomic mass is 35.5. The van der Waals surface area contributed by atoms with Crippen molar-refractivity contribution >= 4 is 45.8 Å². The van der Waals surface area contributed by atoms with E-state index in [-0.39, 0.29) is 11.1 Å². The summed E-state index contributed by atoms with van der Waals surface area (Å²) in [7, 11) is 1.57. The van der Waals surface area contributed by atoms with Gasteiger partial charge in [-0.15, -0.1) is 0 Å². The lowest BCUT2D eigenvalue weighted by atomic mass is 10.2. The number of pyridine rings is 1. The molecule has 1 amide bonds. The van der Waals surface area contributed by atoms with E-state index >= 15 is 0 Å². The van der Waals surface area contributed by atoms with Gasteiger partial charge in [0.05, 0.1) is 24.2 Å². The smallest absolute Gasteiger partial charge is 0.222 e. The number of hydrogen-bond donors (Lipinski definition) is 1. The molecule has 1 aromatic carbocycles. The second kappa shape index (κ2) is 6.06. The predicted molar refractivity (Wildman–Crippen MR) is 89.7 cm³/mol. The highest BCUT2D eigenvalue weighted by Gasteiger charge is 2.15. The molecule has 0 radical (unpaired) electrons. The maximum Gasteiger partial charge on any atom is 0.222 e. The van der Waals surface area contributed by atoms with E-state index in [1.807, 2.05) is 0 Å². The number of aromatic nitrogens is 3. The normalized spacial score (nSPS) is 10.8. The molecule has 0 saturated heterocycles. The fourth-order valence-corrected chi connectivity index (χ4v) is 2.63. The molecule has 118 valence electrons. The van der Waals surface area contributed by atoms with Gasteiger partial charge in [-0.1, -0.05) is 23.2 Å². The topological polar surface area (TPSA) is 69.0 Å². The quantitative estimate of drug-likeness (QED) is 0.731. The van der Waals surface area contributed by atoms with E-state index < -0.39 is 0 Å². The fraction of sp³-hybridized carbons (Fsp3) is 0.133. The van der Waals surface area contributed by atoms with Crippen LogP contribution in [0.3, 0.4) is 0 Å². The maximum absolute atomic E-state index is 11.3. The zero-order valence-electron chi connectivity index (χ0n) is 12.3. The van der Waals surface area contributed by atoms with Crippen molar-refractivity contribution in [3.8, 4) is 11.4 Å². The highest BCUT2D eigenvalue weighted by molar-refractivity contribution is 6.31. The number of nitrogens with one attached hydrogen (secondary N) is 1. The van der Waals surface area contributed by atoms with Gasteiger partial charge in [0.15, 0.2) is 0 Å². The van der Waals surface area contributed by atoms with Crippen LogP contribution in [0.15, 0.2) is 30.5 Å². The lowest BCUT2D eigenvalue weighted by Crippen LogP contribution is -2.08. The zero-order valence-corrected chi connectivity index (χ0v) is 13.8. The number of halogens is 2. The minimum atomic E-state index is -0.242. The average Bonchev–Trinajstić information content (AvgIpc) is 2.90. The van der Waals surface area contributed by atoms with Crippen LogP contribution < -0.4 is 10.1 Å². The molecule has 0 unspecified atom stereocenters. The molecule has 0 spiro atoms. The van der Waals surface area contributed by atoms with Crippen LogP contribution in [-0.4, -0.2) is 27.8 Å². The van der Waals surface area contributed by atoms with Gasteiger partial charge in [0, 0.05) is 18.0 Å². The molecule has 3 aromatic rings. The molecule has 2 aromatic heterocycles. The summed E-state index contributed by atoms with van der Waals surface area (Å²) >= 11 is 12.1. The molecule has 0 bridgehead atoms. The number of benzene rings is 1. The highest BCUT2D eigenvalue weighted by Crippen LogP contribution is 2.31. The van der Waals surface area contributed by atoms with Crippen LogP contribution >= 0.6 is 23.2 Å². The van der Waals surface area contributed by atoms with Crippen molar-refractivity contribution in [3.05, 3.63) is 40.6 Å². The van der Waals surface area contributed by atoms with Crippen molar-refractivity contribution in [1.29, 1.82) is 0 Å². The van der Waals surface area contributed by atoms with Gasteiger partial charge in [-0.25, -0.2) is 9.67 Å². The number of fused-ring (bicyclic) bond motifs is 1. The van der Waals surface area contributed by atoms with Gasteiger partial charge in [0.2, 0.25) is 5.91 Å². The second-order valence-corrected chi connectivity index (χ2v) is 5.60. The first kappa shape index (κ1) is 15.6. The molecule has 23 heavy (non-hydrogen) atoms. The van der Waals surface area contributed by atoms with Crippen LogP contribution in [0.2, 0.25) is 10.2 Å². The Morgan fingerprint density at radius 3 is 2.78 bits per heavy atom. The van der Waals surface area contributed by atoms with E-state index in [0.717, 1.165) is 0 Å². The number of nitrogens with zero attached hydrogens (tertiary/aromatic N) is 3. The number of amides is 1. The molecule has 1 N–H and O–H groups in total. The Morgan fingerprint density at radius 1 is 1.30 bits per heavy atom. The number of methoxy groups -OCH3 is 1. The zero-order chi connectivity index (χ0) is 16.6. The summed E-state index contributed by atoms with van der Waals surface area (Å²) in [4.78, 5) is 15.5. The van der Waals surface area contributed by atoms with Crippen molar-refractivity contribution in [2.75, 3.05) is 12.4 Å². The monoisotopic (exact) mass is 350 g/mol. The Hall–Kier alpha value is -2.31. The van der Waals surface area contributed by atoms with Crippen LogP contribution in [0.25, 0.3) is 16.6 Å². The van der Waals surface area contributed by atoms with Crippen LogP contribution in [0, 0.1) is 0 Å². The first-order valence-electron chi connectivity index (χ1n) is 6.65. The van der Waals surface area contributed by atoms with Gasteiger partial charge in [-0.2, -0.15) is 5.10 Å². The van der Waals surface area contributed by atoms with Crippen LogP contribution in [0.4, 0.5) is 5.82 Å². The molecular formula is C15H12Cl2N4O2. The van der Waals surface area contributed by atoms with E-state index in [2.05, 4.69) is 15.4 Å². The van der Waals surface area contributed by atoms with Gasteiger partial charge in [0.1, 0.15) is 22.4 Å². The van der Waals surface area contributed by atoms with Gasteiger partial charge in [0.25, 0.3) is 0 Å². The number of ether oxygens (including phenoxy) is 1. The molecule has 3 rings (SSSR count). The average molecular weight is 351 g/mol. The van der Waals surface area contributed by atoms with Crippen LogP contribution in [0.5, 0.6) is 5.75 Å². The molecule has 2 heterocycles. The minimum Gasteiger partial charge on any atom is -0.494 e. The second-order valence-electron chi connectivity index (χ2n) is 4.78. The SMILES string of the molecule is COc1ccc(Cl)cc1-n1ncc2c(NC(C)=O)nc(Cl)cc21. The molecule has 0 atom stereocenters. The maximum atomic E-state index is 11.3. The lowest BCUT2D eigenvalue weighted by Gasteiger charge is -2.10. The molecule has 8 heteroatoms. The van der Waals surface area contributed by atoms with Gasteiger partial charge in [-0.05, 0) is 18.2 Å². The van der Waals surface area contributed by atoms with Crippen molar-refractivity contribution in [2.24, 2.45) is 0 Å². The van der Waals surface area contributed by atoms with E-state index in [1.165, 1.54) is 6.92 Å². The predicted octanol–water partition coefficient (Wildman–Crippen LogP) is 3.69. The minimum absolute atomic E-state index is 0.240. The summed E-state index contributed by atoms with van der Waals surface area (Å²) in [6, 6.07) is 6.88. The number of carbonyl (C=O) groups excluding carboxylic acids is 1. The summed E-state index contributed by atoms with van der Waals surface area (Å²) in [5.74, 6) is 0.717. The van der Waals surface area contributed by atoms with Crippen molar-refractivity contribution < 1.29 is 9.53 Å². The van der Waals surface area contributed by atoms with Gasteiger partial charge >= 0.3 is 0 Å². The third kappa shape index (κ3) is 2.95. The van der Waals surface area contributed by atoms with E-state index in [4.69, 9.17) is 27.9 Å². The summed E-state index contributed by atoms with van der Waals surface area (Å²) in [6.45, 7) is 1.40. The summed E-state index contributed by atoms with van der Waals surface area (Å²) in [5.41, 5.74) is 1.33. The van der Waals surface area contributed by atoms with Crippen molar-refractivity contribution in [1.82, 2.24) is 14.8 Å². The summed E-state index contributed by atoms with van der Waals surface area (Å²) in [6.07, 6.45) is 1.60. The summed E-state index contributed by atoms with van der Waals surface area (Å²) in [5, 5.41) is 8.45. The van der Waals surface area contributed by atoms with Crippen LogP contribution in [-0.2, 0) is 4.79 Å². The van der Waals surface area contributed by atoms with E-state index in [0.29, 0.717) is 33.2 Å². The number of anilines is 1. The Labute approximate surface area is 142 Å². The third-order valence-electron chi connectivity index (χ3n) is 3.20. The first-order valence-corrected chi connectivity index (χ1v) is 7.41. The standard InChI is InChI=1S/C15H12Cl2N4O2/c1-8(22)19-15-10-7-18-21(11(10)6-14(17)20-15)12-5-9(16)3-4-13(12)23-2/h3-7H,1-2H3,(H,19,20,22). The Balaban J connectivity index is 2.26. The largest absolute Gasteiger partial charge is 0.494 e. The van der Waals surface area contributed by atoms with Gasteiger partial charge < -0.3 is 10.1 Å². The van der Waals surface area contributed by atoms with Crippen LogP contribution in [0.1, 0.15) is 6.92 Å². The molecule has 0 aliphatic carbocycles. The fourth-order valence-electron chi connectivity index (χ4n) is 2.27. The molecule has 0 aliphatic rings.